The van der Waals surface area contributed by atoms with Crippen LogP contribution in [0.25, 0.3) is 0 Å². The Morgan fingerprint density at radius 2 is 1.66 bits per heavy atom. The maximum atomic E-state index is 15.2. The van der Waals surface area contributed by atoms with Crippen molar-refractivity contribution in [2.45, 2.75) is 95.0 Å². The molecule has 5 aliphatic rings. The molecular weight excluding hydrogens is 573 g/mol. The molecule has 0 spiro atoms. The normalized spacial score (nSPS) is 32.5. The van der Waals surface area contributed by atoms with Crippen LogP contribution in [0.15, 0.2) is 71.3 Å². The van der Waals surface area contributed by atoms with Gasteiger partial charge in [0.15, 0.2) is 5.78 Å². The summed E-state index contributed by atoms with van der Waals surface area (Å²) in [6, 6.07) is 16.5. The van der Waals surface area contributed by atoms with Gasteiger partial charge in [0.1, 0.15) is 5.60 Å². The number of benzene rings is 2. The molecule has 2 aromatic carbocycles. The van der Waals surface area contributed by atoms with Crippen LogP contribution in [0.5, 0.6) is 0 Å². The lowest BCUT2D eigenvalue weighted by molar-refractivity contribution is -0.362. The third kappa shape index (κ3) is 4.45. The zero-order chi connectivity index (χ0) is 31.1. The predicted octanol–water partition coefficient (Wildman–Crippen LogP) is 8.07. The second-order valence-electron chi connectivity index (χ2n) is 13.9. The third-order valence-corrected chi connectivity index (χ3v) is 11.8. The first kappa shape index (κ1) is 29.8. The molecule has 1 N–H and O–H groups in total. The predicted molar refractivity (Wildman–Crippen MR) is 157 cm³/mol. The van der Waals surface area contributed by atoms with Gasteiger partial charge in [0.2, 0.25) is 0 Å². The SMILES string of the molecule is C[C@]12C[C@H](c3ccc(CN4CCc5ccccc5C4)cc3)C3=C4CCC(=O)C=C4CCC3C1CC[C@@]2(O)C(F)(F)C(F)(F)F. The van der Waals surface area contributed by atoms with E-state index in [2.05, 4.69) is 29.2 Å². The molecule has 0 radical (unpaired) electrons. The summed E-state index contributed by atoms with van der Waals surface area (Å²) >= 11 is 0. The highest BCUT2D eigenvalue weighted by molar-refractivity contribution is 5.93. The molecule has 0 amide bonds. The van der Waals surface area contributed by atoms with Crippen LogP contribution >= 0.6 is 0 Å². The number of nitrogens with zero attached hydrogens (tertiary/aromatic N) is 1. The number of ketones is 1. The van der Waals surface area contributed by atoms with Crippen LogP contribution in [-0.4, -0.2) is 40.0 Å². The Morgan fingerprint density at radius 1 is 0.932 bits per heavy atom. The highest BCUT2D eigenvalue weighted by Gasteiger charge is 2.79. The van der Waals surface area contributed by atoms with E-state index in [4.69, 9.17) is 0 Å². The molecule has 2 aromatic rings. The topological polar surface area (TPSA) is 40.5 Å². The van der Waals surface area contributed by atoms with Gasteiger partial charge in [0, 0.05) is 37.4 Å². The van der Waals surface area contributed by atoms with Crippen LogP contribution in [0.2, 0.25) is 0 Å². The molecule has 7 rings (SSSR count). The summed E-state index contributed by atoms with van der Waals surface area (Å²) in [5.41, 5.74) is 3.00. The zero-order valence-corrected chi connectivity index (χ0v) is 24.9. The first-order valence-electron chi connectivity index (χ1n) is 15.8. The van der Waals surface area contributed by atoms with E-state index < -0.39 is 41.4 Å². The minimum atomic E-state index is -5.85. The number of halogens is 5. The Bertz CT molecular complexity index is 1540. The summed E-state index contributed by atoms with van der Waals surface area (Å²) in [5.74, 6) is -6.29. The second-order valence-corrected chi connectivity index (χ2v) is 13.9. The Hall–Kier alpha value is -2.84. The number of allylic oxidation sites excluding steroid dienone is 4. The Kier molecular flexibility index (Phi) is 7.02. The van der Waals surface area contributed by atoms with Crippen LogP contribution < -0.4 is 0 Å². The summed E-state index contributed by atoms with van der Waals surface area (Å²) in [5, 5.41) is 11.5. The lowest BCUT2D eigenvalue weighted by Gasteiger charge is -2.56. The fourth-order valence-electron chi connectivity index (χ4n) is 9.52. The fourth-order valence-corrected chi connectivity index (χ4v) is 9.52. The first-order chi connectivity index (χ1) is 20.8. The number of rotatable bonds is 4. The maximum Gasteiger partial charge on any atom is 0.456 e. The van der Waals surface area contributed by atoms with Gasteiger partial charge in [-0.1, -0.05) is 61.0 Å². The smallest absolute Gasteiger partial charge is 0.383 e. The molecule has 2 fully saturated rings. The molecule has 8 heteroatoms. The number of carbonyl (C=O) groups excluding carboxylic acids is 1. The first-order valence-corrected chi connectivity index (χ1v) is 15.8. The molecule has 0 bridgehead atoms. The molecule has 1 aliphatic heterocycles. The summed E-state index contributed by atoms with van der Waals surface area (Å²) < 4.78 is 71.9. The lowest BCUT2D eigenvalue weighted by Crippen LogP contribution is -2.65. The Morgan fingerprint density at radius 3 is 2.39 bits per heavy atom. The summed E-state index contributed by atoms with van der Waals surface area (Å²) in [7, 11) is 0. The average Bonchev–Trinajstić information content (AvgIpc) is 3.27. The number of hydrogen-bond acceptors (Lipinski definition) is 3. The van der Waals surface area contributed by atoms with Gasteiger partial charge in [-0.25, -0.2) is 0 Å². The van der Waals surface area contributed by atoms with E-state index in [1.165, 1.54) is 18.1 Å². The molecule has 1 heterocycles. The van der Waals surface area contributed by atoms with Crippen molar-refractivity contribution in [1.29, 1.82) is 0 Å². The Labute approximate surface area is 254 Å². The zero-order valence-electron chi connectivity index (χ0n) is 24.9. The van der Waals surface area contributed by atoms with Crippen molar-refractivity contribution in [3.63, 3.8) is 0 Å². The number of aliphatic hydroxyl groups is 1. The molecule has 2 unspecified atom stereocenters. The number of fused-ring (bicyclic) bond motifs is 5. The van der Waals surface area contributed by atoms with Gasteiger partial charge in [0.25, 0.3) is 0 Å². The van der Waals surface area contributed by atoms with Crippen molar-refractivity contribution in [3.05, 3.63) is 93.6 Å². The van der Waals surface area contributed by atoms with Crippen LogP contribution in [-0.2, 0) is 24.3 Å². The van der Waals surface area contributed by atoms with E-state index in [-0.39, 0.29) is 24.5 Å². The maximum absolute atomic E-state index is 15.2. The Balaban J connectivity index is 1.25. The van der Waals surface area contributed by atoms with Gasteiger partial charge in [-0.05, 0) is 96.3 Å². The van der Waals surface area contributed by atoms with E-state index in [0.29, 0.717) is 25.7 Å². The molecule has 0 aromatic heterocycles. The molecule has 2 saturated carbocycles. The van der Waals surface area contributed by atoms with Crippen LogP contribution in [0.4, 0.5) is 22.0 Å². The summed E-state index contributed by atoms with van der Waals surface area (Å²) in [4.78, 5) is 14.7. The van der Waals surface area contributed by atoms with Crippen molar-refractivity contribution < 1.29 is 31.9 Å². The molecule has 44 heavy (non-hydrogen) atoms. The number of alkyl halides is 5. The van der Waals surface area contributed by atoms with Gasteiger partial charge >= 0.3 is 12.1 Å². The fraction of sp³-hybridized carbons (Fsp3) is 0.528. The summed E-state index contributed by atoms with van der Waals surface area (Å²) in [6.45, 7) is 4.02. The third-order valence-electron chi connectivity index (χ3n) is 11.8. The van der Waals surface area contributed by atoms with E-state index in [0.717, 1.165) is 53.9 Å². The molecule has 3 nitrogen and oxygen atoms in total. The van der Waals surface area contributed by atoms with Crippen molar-refractivity contribution in [2.75, 3.05) is 6.54 Å². The van der Waals surface area contributed by atoms with Gasteiger partial charge in [0.05, 0.1) is 0 Å². The van der Waals surface area contributed by atoms with Crippen molar-refractivity contribution in [2.24, 2.45) is 17.3 Å². The minimum absolute atomic E-state index is 0.00134. The van der Waals surface area contributed by atoms with Crippen molar-refractivity contribution in [3.8, 4) is 0 Å². The minimum Gasteiger partial charge on any atom is -0.383 e. The highest BCUT2D eigenvalue weighted by atomic mass is 19.4. The van der Waals surface area contributed by atoms with E-state index in [9.17, 15) is 23.1 Å². The monoisotopic (exact) mass is 611 g/mol. The van der Waals surface area contributed by atoms with Crippen molar-refractivity contribution >= 4 is 5.78 Å². The lowest BCUT2D eigenvalue weighted by atomic mass is 9.50. The van der Waals surface area contributed by atoms with Crippen LogP contribution in [0.1, 0.15) is 80.0 Å². The standard InChI is InChI=1S/C36H38F5NO2/c1-33-19-30(24-8-6-22(7-9-24)20-42-17-15-23-4-2-3-5-26(23)21-42)32-28-13-11-27(43)18-25(28)10-12-29(32)31(33)14-16-34(33,44)35(37,38)36(39,40)41/h2-9,18,29-31,44H,10-17,19-21H2,1H3/t29?,30-,31?,33+,34+/m1/s1. The second kappa shape index (κ2) is 10.3. The van der Waals surface area contributed by atoms with Crippen LogP contribution in [0, 0.1) is 17.3 Å². The van der Waals surface area contributed by atoms with Gasteiger partial charge in [-0.2, -0.15) is 22.0 Å². The van der Waals surface area contributed by atoms with Crippen molar-refractivity contribution in [1.82, 2.24) is 4.90 Å². The molecule has 234 valence electrons. The van der Waals surface area contributed by atoms with Gasteiger partial charge in [-0.3, -0.25) is 9.69 Å². The van der Waals surface area contributed by atoms with E-state index in [1.54, 1.807) is 6.08 Å². The van der Waals surface area contributed by atoms with Crippen LogP contribution in [0.3, 0.4) is 0 Å². The molecular formula is C36H38F5NO2. The quantitative estimate of drug-likeness (QED) is 0.356. The largest absolute Gasteiger partial charge is 0.456 e. The molecule has 4 aliphatic carbocycles. The van der Waals surface area contributed by atoms with E-state index in [1.807, 2.05) is 24.3 Å². The molecule has 5 atom stereocenters. The summed E-state index contributed by atoms with van der Waals surface area (Å²) in [6.07, 6.45) is -1.53. The number of hydrogen-bond donors (Lipinski definition) is 1. The number of carbonyl (C=O) groups is 1. The van der Waals surface area contributed by atoms with Gasteiger partial charge in [-0.15, -0.1) is 0 Å². The van der Waals surface area contributed by atoms with Gasteiger partial charge < -0.3 is 5.11 Å². The highest BCUT2D eigenvalue weighted by Crippen LogP contribution is 2.70. The molecule has 0 saturated heterocycles. The van der Waals surface area contributed by atoms with E-state index >= 15 is 8.78 Å². The average molecular weight is 612 g/mol.